The summed E-state index contributed by atoms with van der Waals surface area (Å²) in [5.74, 6) is -0.461. The summed E-state index contributed by atoms with van der Waals surface area (Å²) in [6, 6.07) is 6.58. The molecule has 0 aliphatic rings. The molecule has 1 aromatic heterocycles. The molecule has 0 unspecified atom stereocenters. The lowest BCUT2D eigenvalue weighted by atomic mass is 10.3. The summed E-state index contributed by atoms with van der Waals surface area (Å²) < 4.78 is 52.2. The Kier molecular flexibility index (Phi) is 3.42. The van der Waals surface area contributed by atoms with Gasteiger partial charge >= 0.3 is 5.22 Å². The lowest BCUT2D eigenvalue weighted by Gasteiger charge is -1.95. The molecule has 0 radical (unpaired) electrons. The minimum Gasteiger partial charge on any atom is -0.428 e. The first-order valence-electron chi connectivity index (χ1n) is 5.08. The molecule has 0 atom stereocenters. The van der Waals surface area contributed by atoms with Crippen molar-refractivity contribution in [1.29, 1.82) is 0 Å². The number of hydrogen-bond acceptors (Lipinski definition) is 4. The van der Waals surface area contributed by atoms with Crippen LogP contribution in [0, 0.1) is 0 Å². The van der Waals surface area contributed by atoms with E-state index in [1.54, 1.807) is 24.3 Å². The Bertz CT molecular complexity index is 654. The molecule has 2 aromatic rings. The van der Waals surface area contributed by atoms with E-state index in [0.29, 0.717) is 17.2 Å². The highest BCUT2D eigenvalue weighted by molar-refractivity contribution is 7.91. The zero-order chi connectivity index (χ0) is 13.2. The predicted octanol–water partition coefficient (Wildman–Crippen LogP) is 2.77. The van der Waals surface area contributed by atoms with Crippen LogP contribution in [-0.2, 0) is 9.84 Å². The van der Waals surface area contributed by atoms with Gasteiger partial charge in [-0.15, -0.1) is 0 Å². The average Bonchev–Trinajstić information content (AvgIpc) is 2.72. The maximum Gasteiger partial charge on any atom is 0.316 e. The third-order valence-electron chi connectivity index (χ3n) is 2.23. The zero-order valence-corrected chi connectivity index (χ0v) is 9.95. The molecule has 7 heteroatoms. The van der Waals surface area contributed by atoms with Crippen LogP contribution in [0.15, 0.2) is 46.1 Å². The SMILES string of the molecule is O=S(=O)(CCC=C(F)F)c1nc2ccccc2o1. The molecule has 96 valence electrons. The average molecular weight is 273 g/mol. The van der Waals surface area contributed by atoms with Crippen molar-refractivity contribution in [2.45, 2.75) is 11.6 Å². The lowest BCUT2D eigenvalue weighted by Crippen LogP contribution is -2.06. The molecule has 18 heavy (non-hydrogen) atoms. The van der Waals surface area contributed by atoms with E-state index in [-0.39, 0.29) is 6.42 Å². The molecule has 1 aromatic carbocycles. The van der Waals surface area contributed by atoms with Crippen LogP contribution in [0.2, 0.25) is 0 Å². The summed E-state index contributed by atoms with van der Waals surface area (Å²) in [5, 5.41) is -0.434. The monoisotopic (exact) mass is 273 g/mol. The van der Waals surface area contributed by atoms with Crippen molar-refractivity contribution in [3.63, 3.8) is 0 Å². The maximum absolute atomic E-state index is 11.8. The number of hydrogen-bond donors (Lipinski definition) is 0. The first-order chi connectivity index (χ1) is 8.49. The van der Waals surface area contributed by atoms with Crippen molar-refractivity contribution in [3.05, 3.63) is 36.4 Å². The van der Waals surface area contributed by atoms with Gasteiger partial charge in [-0.2, -0.15) is 13.8 Å². The Labute approximate surface area is 102 Å². The molecule has 4 nitrogen and oxygen atoms in total. The molecule has 1 heterocycles. The number of aromatic nitrogens is 1. The van der Waals surface area contributed by atoms with Gasteiger partial charge in [0.2, 0.25) is 9.84 Å². The fourth-order valence-electron chi connectivity index (χ4n) is 1.39. The molecule has 0 saturated carbocycles. The second-order valence-electron chi connectivity index (χ2n) is 3.55. The van der Waals surface area contributed by atoms with Gasteiger partial charge in [0.15, 0.2) is 5.58 Å². The van der Waals surface area contributed by atoms with Crippen molar-refractivity contribution in [3.8, 4) is 0 Å². The van der Waals surface area contributed by atoms with Crippen LogP contribution in [0.5, 0.6) is 0 Å². The maximum atomic E-state index is 11.8. The topological polar surface area (TPSA) is 60.2 Å². The lowest BCUT2D eigenvalue weighted by molar-refractivity contribution is 0.418. The summed E-state index contributed by atoms with van der Waals surface area (Å²) >= 11 is 0. The Morgan fingerprint density at radius 3 is 2.72 bits per heavy atom. The Morgan fingerprint density at radius 1 is 1.33 bits per heavy atom. The second-order valence-corrected chi connectivity index (χ2v) is 5.54. The number of oxazole rings is 1. The number of fused-ring (bicyclic) bond motifs is 1. The minimum atomic E-state index is -3.77. The molecule has 0 aliphatic heterocycles. The van der Waals surface area contributed by atoms with Crippen LogP contribution in [0.25, 0.3) is 11.1 Å². The third-order valence-corrected chi connectivity index (χ3v) is 3.71. The van der Waals surface area contributed by atoms with Crippen LogP contribution >= 0.6 is 0 Å². The molecule has 0 aliphatic carbocycles. The summed E-state index contributed by atoms with van der Waals surface area (Å²) in [4.78, 5) is 3.82. The number of allylic oxidation sites excluding steroid dienone is 1. The second kappa shape index (κ2) is 4.85. The van der Waals surface area contributed by atoms with Gasteiger partial charge in [-0.3, -0.25) is 0 Å². The Hall–Kier alpha value is -1.76. The summed E-state index contributed by atoms with van der Waals surface area (Å²) in [6.45, 7) is 0. The summed E-state index contributed by atoms with van der Waals surface area (Å²) in [5.41, 5.74) is 0.770. The largest absolute Gasteiger partial charge is 0.428 e. The van der Waals surface area contributed by atoms with Gasteiger partial charge < -0.3 is 4.42 Å². The number of benzene rings is 1. The molecule has 2 rings (SSSR count). The van der Waals surface area contributed by atoms with Crippen LogP contribution in [0.3, 0.4) is 0 Å². The van der Waals surface area contributed by atoms with Crippen LogP contribution in [0.4, 0.5) is 8.78 Å². The van der Waals surface area contributed by atoms with Gasteiger partial charge in [0.05, 0.1) is 5.75 Å². The van der Waals surface area contributed by atoms with Gasteiger partial charge in [-0.1, -0.05) is 12.1 Å². The highest BCUT2D eigenvalue weighted by Crippen LogP contribution is 2.19. The smallest absolute Gasteiger partial charge is 0.316 e. The standard InChI is InChI=1S/C11H9F2NO3S/c12-10(13)6-3-7-18(15,16)11-14-8-4-1-2-5-9(8)17-11/h1-2,4-6H,3,7H2. The van der Waals surface area contributed by atoms with E-state index in [0.717, 1.165) is 0 Å². The summed E-state index contributed by atoms with van der Waals surface area (Å²) in [6.07, 6.45) is -1.62. The van der Waals surface area contributed by atoms with Gasteiger partial charge in [0, 0.05) is 0 Å². The molecule has 0 spiro atoms. The number of halogens is 2. The normalized spacial score (nSPS) is 11.7. The number of sulfone groups is 1. The molecule has 0 bridgehead atoms. The van der Waals surface area contributed by atoms with Gasteiger partial charge in [0.25, 0.3) is 6.08 Å². The zero-order valence-electron chi connectivity index (χ0n) is 9.14. The van der Waals surface area contributed by atoms with Gasteiger partial charge in [0.1, 0.15) is 5.52 Å². The van der Waals surface area contributed by atoms with Crippen LogP contribution in [-0.4, -0.2) is 19.2 Å². The minimum absolute atomic E-state index is 0.274. The van der Waals surface area contributed by atoms with Crippen LogP contribution in [0.1, 0.15) is 6.42 Å². The van der Waals surface area contributed by atoms with E-state index in [4.69, 9.17) is 4.42 Å². The third kappa shape index (κ3) is 2.73. The summed E-state index contributed by atoms with van der Waals surface area (Å²) in [7, 11) is -3.77. The van der Waals surface area contributed by atoms with Crippen molar-refractivity contribution >= 4 is 20.9 Å². The van der Waals surface area contributed by atoms with E-state index < -0.39 is 26.9 Å². The van der Waals surface area contributed by atoms with E-state index in [2.05, 4.69) is 4.98 Å². The predicted molar refractivity (Wildman–Crippen MR) is 61.0 cm³/mol. The van der Waals surface area contributed by atoms with Crippen molar-refractivity contribution < 1.29 is 21.6 Å². The van der Waals surface area contributed by atoms with E-state index in [1.165, 1.54) is 0 Å². The van der Waals surface area contributed by atoms with Gasteiger partial charge in [-0.25, -0.2) is 8.42 Å². The first-order valence-corrected chi connectivity index (χ1v) is 6.74. The fraction of sp³-hybridized carbons (Fsp3) is 0.182. The molecule has 0 saturated heterocycles. The molecular weight excluding hydrogens is 264 g/mol. The highest BCUT2D eigenvalue weighted by Gasteiger charge is 2.21. The number of para-hydroxylation sites is 2. The Balaban J connectivity index is 2.26. The van der Waals surface area contributed by atoms with E-state index in [1.807, 2.05) is 0 Å². The number of rotatable bonds is 4. The quantitative estimate of drug-likeness (QED) is 0.859. The Morgan fingerprint density at radius 2 is 2.06 bits per heavy atom. The van der Waals surface area contributed by atoms with Crippen molar-refractivity contribution in [2.24, 2.45) is 0 Å². The van der Waals surface area contributed by atoms with E-state index >= 15 is 0 Å². The highest BCUT2D eigenvalue weighted by atomic mass is 32.2. The van der Waals surface area contributed by atoms with Gasteiger partial charge in [-0.05, 0) is 24.6 Å². The van der Waals surface area contributed by atoms with Crippen molar-refractivity contribution in [2.75, 3.05) is 5.75 Å². The van der Waals surface area contributed by atoms with E-state index in [9.17, 15) is 17.2 Å². The molecule has 0 N–H and O–H groups in total. The molecule has 0 fully saturated rings. The first kappa shape index (κ1) is 12.7. The van der Waals surface area contributed by atoms with Crippen LogP contribution < -0.4 is 0 Å². The van der Waals surface area contributed by atoms with Crippen molar-refractivity contribution in [1.82, 2.24) is 4.98 Å². The molecule has 0 amide bonds. The fourth-order valence-corrected chi connectivity index (χ4v) is 2.45. The molecular formula is C11H9F2NO3S. The number of nitrogens with zero attached hydrogens (tertiary/aromatic N) is 1.